The molecule has 2 unspecified atom stereocenters. The van der Waals surface area contributed by atoms with Gasteiger partial charge in [-0.3, -0.25) is 9.59 Å². The zero-order valence-electron chi connectivity index (χ0n) is 22.2. The monoisotopic (exact) mass is 497 g/mol. The van der Waals surface area contributed by atoms with Gasteiger partial charge in [-0.25, -0.2) is 4.79 Å². The van der Waals surface area contributed by atoms with Crippen molar-refractivity contribution in [3.63, 3.8) is 0 Å². The fraction of sp³-hybridized carbons (Fsp3) is 0.464. The Morgan fingerprint density at radius 2 is 1.50 bits per heavy atom. The quantitative estimate of drug-likeness (QED) is 0.478. The van der Waals surface area contributed by atoms with Crippen LogP contribution < -0.4 is 10.6 Å². The fourth-order valence-corrected chi connectivity index (χ4v) is 3.82. The van der Waals surface area contributed by atoms with Crippen molar-refractivity contribution in [1.82, 2.24) is 15.5 Å². The van der Waals surface area contributed by atoms with Gasteiger partial charge in [-0.05, 0) is 71.7 Å². The number of nitrogens with zero attached hydrogens (tertiary/aromatic N) is 1. The molecule has 0 spiro atoms. The Bertz CT molecular complexity index is 1010. The maximum Gasteiger partial charge on any atom is 0.408 e. The van der Waals surface area contributed by atoms with E-state index in [1.807, 2.05) is 58.0 Å². The molecule has 196 valence electrons. The lowest BCUT2D eigenvalue weighted by molar-refractivity contribution is -0.144. The van der Waals surface area contributed by atoms with Gasteiger partial charge in [0.25, 0.3) is 0 Å². The summed E-state index contributed by atoms with van der Waals surface area (Å²) >= 11 is 0. The number of carbonyl (C=O) groups is 3. The molecule has 8 heteroatoms. The summed E-state index contributed by atoms with van der Waals surface area (Å²) in [6, 6.07) is 13.1. The molecule has 2 rings (SSSR count). The molecule has 0 heterocycles. The van der Waals surface area contributed by atoms with Crippen molar-refractivity contribution in [2.45, 2.75) is 84.7 Å². The number of amides is 3. The van der Waals surface area contributed by atoms with Gasteiger partial charge in [0.05, 0.1) is 0 Å². The summed E-state index contributed by atoms with van der Waals surface area (Å²) in [5.41, 5.74) is 0.653. The van der Waals surface area contributed by atoms with Crippen LogP contribution in [0.1, 0.15) is 65.6 Å². The number of rotatable bonds is 9. The number of phenols is 1. The number of hydrogen-bond donors (Lipinski definition) is 3. The van der Waals surface area contributed by atoms with Crippen LogP contribution in [0.3, 0.4) is 0 Å². The minimum absolute atomic E-state index is 0.0535. The molecule has 0 bridgehead atoms. The lowest BCUT2D eigenvalue weighted by Crippen LogP contribution is -2.56. The molecule has 2 aromatic rings. The number of alkyl carbamates (subject to hydrolysis) is 1. The summed E-state index contributed by atoms with van der Waals surface area (Å²) in [6.45, 7) is 12.6. The van der Waals surface area contributed by atoms with Crippen LogP contribution in [0.5, 0.6) is 5.75 Å². The van der Waals surface area contributed by atoms with E-state index in [2.05, 4.69) is 10.6 Å². The van der Waals surface area contributed by atoms with Crippen molar-refractivity contribution in [3.05, 3.63) is 65.7 Å². The third kappa shape index (κ3) is 8.59. The number of phenolic OH excluding ortho intramolecular Hbond substituents is 1. The molecule has 2 atom stereocenters. The lowest BCUT2D eigenvalue weighted by Gasteiger charge is -2.37. The van der Waals surface area contributed by atoms with Gasteiger partial charge < -0.3 is 25.4 Å². The molecule has 0 aliphatic carbocycles. The van der Waals surface area contributed by atoms with E-state index >= 15 is 0 Å². The molecule has 0 saturated heterocycles. The molecule has 8 nitrogen and oxygen atoms in total. The summed E-state index contributed by atoms with van der Waals surface area (Å²) in [5.74, 6) is -0.720. The third-order valence-corrected chi connectivity index (χ3v) is 5.25. The molecular weight excluding hydrogens is 458 g/mol. The first kappa shape index (κ1) is 28.7. The Hall–Kier alpha value is -3.55. The number of carbonyl (C=O) groups excluding carboxylic acids is 3. The van der Waals surface area contributed by atoms with Crippen LogP contribution in [0.15, 0.2) is 54.6 Å². The predicted octanol–water partition coefficient (Wildman–Crippen LogP) is 4.33. The summed E-state index contributed by atoms with van der Waals surface area (Å²) < 4.78 is 5.43. The van der Waals surface area contributed by atoms with Crippen molar-refractivity contribution in [3.8, 4) is 5.75 Å². The highest BCUT2D eigenvalue weighted by atomic mass is 16.6. The van der Waals surface area contributed by atoms with E-state index in [0.717, 1.165) is 5.56 Å². The molecule has 0 fully saturated rings. The van der Waals surface area contributed by atoms with Crippen LogP contribution in [0.25, 0.3) is 0 Å². The molecule has 3 N–H and O–H groups in total. The normalized spacial score (nSPS) is 13.1. The van der Waals surface area contributed by atoms with Crippen LogP contribution >= 0.6 is 0 Å². The average Bonchev–Trinajstić information content (AvgIpc) is 2.76. The topological polar surface area (TPSA) is 108 Å². The first-order chi connectivity index (χ1) is 16.8. The molecule has 0 saturated carbocycles. The molecule has 3 amide bonds. The van der Waals surface area contributed by atoms with Crippen molar-refractivity contribution in [2.24, 2.45) is 0 Å². The number of benzene rings is 2. The fourth-order valence-electron chi connectivity index (χ4n) is 3.82. The Morgan fingerprint density at radius 1 is 0.917 bits per heavy atom. The smallest absolute Gasteiger partial charge is 0.408 e. The van der Waals surface area contributed by atoms with Crippen molar-refractivity contribution >= 4 is 17.9 Å². The van der Waals surface area contributed by atoms with Crippen LogP contribution in [0.4, 0.5) is 4.79 Å². The lowest BCUT2D eigenvalue weighted by atomic mass is 9.98. The van der Waals surface area contributed by atoms with Gasteiger partial charge in [-0.2, -0.15) is 0 Å². The highest BCUT2D eigenvalue weighted by molar-refractivity contribution is 5.92. The van der Waals surface area contributed by atoms with E-state index in [1.54, 1.807) is 32.9 Å². The standard InChI is InChI=1S/C28H39N3O5/c1-18(2)29-25(33)24(21-13-15-22(32)16-14-21)31(19(3)4)26(34)23(17-20-11-9-8-10-12-20)30-27(35)36-28(5,6)7/h8-16,18-19,23-24,32H,17H2,1-7H3,(H,29,33)(H,30,35). The minimum Gasteiger partial charge on any atom is -0.508 e. The van der Waals surface area contributed by atoms with Gasteiger partial charge in [0, 0.05) is 18.5 Å². The van der Waals surface area contributed by atoms with E-state index in [4.69, 9.17) is 4.74 Å². The van der Waals surface area contributed by atoms with Gasteiger partial charge in [0.15, 0.2) is 0 Å². The average molecular weight is 498 g/mol. The highest BCUT2D eigenvalue weighted by Gasteiger charge is 2.38. The second-order valence-electron chi connectivity index (χ2n) is 10.4. The van der Waals surface area contributed by atoms with Crippen LogP contribution in [0, 0.1) is 0 Å². The Kier molecular flexibility index (Phi) is 9.90. The highest BCUT2D eigenvalue weighted by Crippen LogP contribution is 2.27. The molecule has 0 aliphatic heterocycles. The van der Waals surface area contributed by atoms with E-state index in [9.17, 15) is 19.5 Å². The summed E-state index contributed by atoms with van der Waals surface area (Å²) in [7, 11) is 0. The molecular formula is C28H39N3O5. The number of ether oxygens (including phenoxy) is 1. The molecule has 2 aromatic carbocycles. The maximum atomic E-state index is 14.1. The van der Waals surface area contributed by atoms with Crippen molar-refractivity contribution < 1.29 is 24.2 Å². The minimum atomic E-state index is -0.976. The second kappa shape index (κ2) is 12.4. The van der Waals surface area contributed by atoms with E-state index < -0.39 is 29.7 Å². The maximum absolute atomic E-state index is 14.1. The Balaban J connectivity index is 2.51. The van der Waals surface area contributed by atoms with E-state index in [0.29, 0.717) is 5.56 Å². The van der Waals surface area contributed by atoms with Crippen molar-refractivity contribution in [2.75, 3.05) is 0 Å². The molecule has 0 aromatic heterocycles. The molecule has 36 heavy (non-hydrogen) atoms. The first-order valence-electron chi connectivity index (χ1n) is 12.2. The van der Waals surface area contributed by atoms with E-state index in [1.165, 1.54) is 17.0 Å². The predicted molar refractivity (Wildman–Crippen MR) is 139 cm³/mol. The Morgan fingerprint density at radius 3 is 2.00 bits per heavy atom. The summed E-state index contributed by atoms with van der Waals surface area (Å²) in [6.07, 6.45) is -0.496. The van der Waals surface area contributed by atoms with E-state index in [-0.39, 0.29) is 30.2 Å². The van der Waals surface area contributed by atoms with Crippen LogP contribution in [-0.4, -0.2) is 51.6 Å². The van der Waals surface area contributed by atoms with Crippen LogP contribution in [0.2, 0.25) is 0 Å². The van der Waals surface area contributed by atoms with Gasteiger partial charge in [-0.1, -0.05) is 42.5 Å². The van der Waals surface area contributed by atoms with Gasteiger partial charge >= 0.3 is 6.09 Å². The summed E-state index contributed by atoms with van der Waals surface area (Å²) in [4.78, 5) is 41.7. The number of nitrogens with one attached hydrogen (secondary N) is 2. The van der Waals surface area contributed by atoms with Gasteiger partial charge in [-0.15, -0.1) is 0 Å². The van der Waals surface area contributed by atoms with Crippen molar-refractivity contribution in [1.29, 1.82) is 0 Å². The first-order valence-corrected chi connectivity index (χ1v) is 12.2. The SMILES string of the molecule is CC(C)NC(=O)C(c1ccc(O)cc1)N(C(=O)C(Cc1ccccc1)NC(=O)OC(C)(C)C)C(C)C. The van der Waals surface area contributed by atoms with Crippen LogP contribution in [-0.2, 0) is 20.7 Å². The zero-order chi connectivity index (χ0) is 27.0. The third-order valence-electron chi connectivity index (χ3n) is 5.25. The summed E-state index contributed by atoms with van der Waals surface area (Å²) in [5, 5.41) is 15.4. The Labute approximate surface area is 214 Å². The number of aromatic hydroxyl groups is 1. The van der Waals surface area contributed by atoms with Gasteiger partial charge in [0.2, 0.25) is 11.8 Å². The second-order valence-corrected chi connectivity index (χ2v) is 10.4. The zero-order valence-corrected chi connectivity index (χ0v) is 22.2. The molecule has 0 aliphatic rings. The number of hydrogen-bond acceptors (Lipinski definition) is 5. The largest absolute Gasteiger partial charge is 0.508 e. The van der Waals surface area contributed by atoms with Gasteiger partial charge in [0.1, 0.15) is 23.4 Å². The molecule has 0 radical (unpaired) electrons.